The van der Waals surface area contributed by atoms with Crippen LogP contribution in [0.1, 0.15) is 33.3 Å². The molecule has 1 heterocycles. The Bertz CT molecular complexity index is 955. The van der Waals surface area contributed by atoms with Crippen LogP contribution in [-0.2, 0) is 10.2 Å². The number of nitrogens with two attached hydrogens (primary N) is 1. The van der Waals surface area contributed by atoms with Crippen LogP contribution in [-0.4, -0.2) is 28.9 Å². The van der Waals surface area contributed by atoms with Crippen LogP contribution in [0.4, 0.5) is 0 Å². The number of nitrogens with zero attached hydrogens (tertiary/aromatic N) is 1. The number of methoxy groups -OCH3 is 1. The summed E-state index contributed by atoms with van der Waals surface area (Å²) in [6.07, 6.45) is 0. The van der Waals surface area contributed by atoms with Gasteiger partial charge in [-0.1, -0.05) is 33.8 Å². The van der Waals surface area contributed by atoms with Gasteiger partial charge in [0.2, 0.25) is 0 Å². The Balaban J connectivity index is 1.96. The third-order valence-electron chi connectivity index (χ3n) is 5.24. The van der Waals surface area contributed by atoms with Crippen LogP contribution in [0.3, 0.4) is 0 Å². The molecule has 0 aliphatic carbocycles. The third-order valence-corrected chi connectivity index (χ3v) is 5.24. The molecule has 0 aliphatic heterocycles. The normalized spacial score (nSPS) is 13.1. The van der Waals surface area contributed by atoms with Crippen molar-refractivity contribution in [2.24, 2.45) is 11.7 Å². The molecule has 5 nitrogen and oxygen atoms in total. The lowest BCUT2D eigenvalue weighted by atomic mass is 9.74. The Kier molecular flexibility index (Phi) is 5.07. The summed E-state index contributed by atoms with van der Waals surface area (Å²) in [6, 6.07) is 13.2. The number of aromatic nitrogens is 2. The smallest absolute Gasteiger partial charge is 0.152 e. The summed E-state index contributed by atoms with van der Waals surface area (Å²) in [6.45, 7) is 7.80. The number of ether oxygens (including phenoxy) is 1. The van der Waals surface area contributed by atoms with Crippen molar-refractivity contribution in [1.82, 2.24) is 9.97 Å². The van der Waals surface area contributed by atoms with Gasteiger partial charge in [0, 0.05) is 16.9 Å². The predicted octanol–water partition coefficient (Wildman–Crippen LogP) is 4.07. The number of nitrogens with one attached hydrogen (secondary N) is 1. The number of hydrogen-bond donors (Lipinski definition) is 2. The Morgan fingerprint density at radius 3 is 2.41 bits per heavy atom. The first-order valence-corrected chi connectivity index (χ1v) is 9.18. The number of fused-ring (bicyclic) bond motifs is 1. The molecule has 0 radical (unpaired) electrons. The summed E-state index contributed by atoms with van der Waals surface area (Å²) in [7, 11) is 1.65. The average molecular weight is 365 g/mol. The Labute approximate surface area is 159 Å². The van der Waals surface area contributed by atoms with E-state index in [-0.39, 0.29) is 11.7 Å². The lowest BCUT2D eigenvalue weighted by Gasteiger charge is -2.32. The van der Waals surface area contributed by atoms with Crippen molar-refractivity contribution < 1.29 is 9.53 Å². The number of aromatic amines is 1. The van der Waals surface area contributed by atoms with Crippen molar-refractivity contribution in [3.05, 3.63) is 48.0 Å². The highest BCUT2D eigenvalue weighted by Gasteiger charge is 2.34. The van der Waals surface area contributed by atoms with Gasteiger partial charge in [0.05, 0.1) is 24.2 Å². The minimum absolute atomic E-state index is 0.0728. The third kappa shape index (κ3) is 3.60. The van der Waals surface area contributed by atoms with E-state index in [1.54, 1.807) is 7.11 Å². The van der Waals surface area contributed by atoms with E-state index in [0.29, 0.717) is 0 Å². The van der Waals surface area contributed by atoms with Crippen molar-refractivity contribution in [3.63, 3.8) is 0 Å². The van der Waals surface area contributed by atoms with Gasteiger partial charge in [-0.3, -0.25) is 4.79 Å². The minimum atomic E-state index is -0.557. The molecule has 0 amide bonds. The van der Waals surface area contributed by atoms with E-state index < -0.39 is 11.5 Å². The van der Waals surface area contributed by atoms with Gasteiger partial charge < -0.3 is 15.5 Å². The van der Waals surface area contributed by atoms with Gasteiger partial charge in [0.15, 0.2) is 5.78 Å². The monoisotopic (exact) mass is 365 g/mol. The fourth-order valence-electron chi connectivity index (χ4n) is 3.19. The molecule has 142 valence electrons. The Morgan fingerprint density at radius 2 is 1.81 bits per heavy atom. The van der Waals surface area contributed by atoms with Gasteiger partial charge in [-0.25, -0.2) is 4.98 Å². The summed E-state index contributed by atoms with van der Waals surface area (Å²) in [5.41, 5.74) is 9.64. The maximum atomic E-state index is 12.4. The quantitative estimate of drug-likeness (QED) is 0.690. The molecule has 3 rings (SSSR count). The maximum absolute atomic E-state index is 12.4. The zero-order valence-corrected chi connectivity index (χ0v) is 16.5. The van der Waals surface area contributed by atoms with E-state index in [1.807, 2.05) is 70.2 Å². The van der Waals surface area contributed by atoms with Gasteiger partial charge in [0.25, 0.3) is 0 Å². The first-order valence-electron chi connectivity index (χ1n) is 9.18. The van der Waals surface area contributed by atoms with Crippen LogP contribution in [0.25, 0.3) is 22.4 Å². The van der Waals surface area contributed by atoms with Crippen LogP contribution in [0.15, 0.2) is 42.5 Å². The lowest BCUT2D eigenvalue weighted by Crippen LogP contribution is -2.48. The van der Waals surface area contributed by atoms with E-state index in [9.17, 15) is 4.79 Å². The number of Topliss-reactive ketones (excluding diaryl/α,β-unsaturated/α-hetero) is 1. The molecule has 3 N–H and O–H groups in total. The molecular weight excluding hydrogens is 338 g/mol. The van der Waals surface area contributed by atoms with Gasteiger partial charge >= 0.3 is 0 Å². The first kappa shape index (κ1) is 19.1. The molecular formula is C22H27N3O2. The van der Waals surface area contributed by atoms with E-state index in [1.165, 1.54) is 0 Å². The van der Waals surface area contributed by atoms with Gasteiger partial charge in [-0.15, -0.1) is 0 Å². The van der Waals surface area contributed by atoms with E-state index in [4.69, 9.17) is 10.5 Å². The van der Waals surface area contributed by atoms with Crippen LogP contribution in [0, 0.1) is 5.92 Å². The van der Waals surface area contributed by atoms with Crippen LogP contribution in [0.5, 0.6) is 5.75 Å². The van der Waals surface area contributed by atoms with E-state index >= 15 is 0 Å². The molecule has 0 saturated carbocycles. The average Bonchev–Trinajstić information content (AvgIpc) is 3.10. The summed E-state index contributed by atoms with van der Waals surface area (Å²) < 4.78 is 5.21. The number of carbonyl (C=O) groups is 1. The molecule has 27 heavy (non-hydrogen) atoms. The highest BCUT2D eigenvalue weighted by molar-refractivity contribution is 5.87. The van der Waals surface area contributed by atoms with Gasteiger partial charge in [-0.05, 0) is 42.0 Å². The van der Waals surface area contributed by atoms with Crippen molar-refractivity contribution >= 4 is 16.8 Å². The number of benzene rings is 2. The second kappa shape index (κ2) is 7.16. The second-order valence-electron chi connectivity index (χ2n) is 7.80. The molecule has 0 spiro atoms. The molecule has 0 fully saturated rings. The number of carbonyl (C=O) groups excluding carboxylic acids is 1. The van der Waals surface area contributed by atoms with Crippen molar-refractivity contribution in [1.29, 1.82) is 0 Å². The zero-order chi connectivity index (χ0) is 19.8. The molecule has 3 aromatic rings. The minimum Gasteiger partial charge on any atom is -0.497 e. The molecule has 5 heteroatoms. The van der Waals surface area contributed by atoms with E-state index in [2.05, 4.69) is 9.97 Å². The van der Waals surface area contributed by atoms with Crippen LogP contribution in [0.2, 0.25) is 0 Å². The number of hydrogen-bond acceptors (Lipinski definition) is 4. The lowest BCUT2D eigenvalue weighted by molar-refractivity contribution is -0.124. The fraction of sp³-hybridized carbons (Fsp3) is 0.364. The van der Waals surface area contributed by atoms with Crippen LogP contribution < -0.4 is 10.5 Å². The molecule has 1 atom stereocenters. The highest BCUT2D eigenvalue weighted by Crippen LogP contribution is 2.31. The van der Waals surface area contributed by atoms with Crippen molar-refractivity contribution in [2.75, 3.05) is 7.11 Å². The second-order valence-corrected chi connectivity index (χ2v) is 7.80. The Hall–Kier alpha value is -2.66. The largest absolute Gasteiger partial charge is 0.497 e. The van der Waals surface area contributed by atoms with Crippen LogP contribution >= 0.6 is 0 Å². The summed E-state index contributed by atoms with van der Waals surface area (Å²) in [5, 5.41) is 0. The van der Waals surface area contributed by atoms with Gasteiger partial charge in [0.1, 0.15) is 11.6 Å². The summed E-state index contributed by atoms with van der Waals surface area (Å²) in [4.78, 5) is 20.5. The SMILES string of the molecule is COc1ccc(-c2nc3ccc(C(C)(C)C(N)C(=O)C(C)C)cc3[nH]2)cc1. The standard InChI is InChI=1S/C22H27N3O2/c1-13(2)19(26)20(23)22(3,4)15-8-11-17-18(12-15)25-21(24-17)14-6-9-16(27-5)10-7-14/h6-13,20H,23H2,1-5H3,(H,24,25). The molecule has 1 unspecified atom stereocenters. The summed E-state index contributed by atoms with van der Waals surface area (Å²) >= 11 is 0. The Morgan fingerprint density at radius 1 is 1.15 bits per heavy atom. The first-order chi connectivity index (χ1) is 12.7. The number of rotatable bonds is 6. The molecule has 0 aliphatic rings. The predicted molar refractivity (Wildman–Crippen MR) is 109 cm³/mol. The molecule has 0 bridgehead atoms. The topological polar surface area (TPSA) is 81.0 Å². The van der Waals surface area contributed by atoms with Crippen molar-refractivity contribution in [2.45, 2.75) is 39.2 Å². The summed E-state index contributed by atoms with van der Waals surface area (Å²) in [5.74, 6) is 1.59. The fourth-order valence-corrected chi connectivity index (χ4v) is 3.19. The highest BCUT2D eigenvalue weighted by atomic mass is 16.5. The number of imidazole rings is 1. The number of ketones is 1. The van der Waals surface area contributed by atoms with Crippen molar-refractivity contribution in [3.8, 4) is 17.1 Å². The number of H-pyrrole nitrogens is 1. The van der Waals surface area contributed by atoms with Gasteiger partial charge in [-0.2, -0.15) is 0 Å². The maximum Gasteiger partial charge on any atom is 0.152 e. The molecule has 2 aromatic carbocycles. The molecule has 0 saturated heterocycles. The molecule has 1 aromatic heterocycles. The van der Waals surface area contributed by atoms with E-state index in [0.717, 1.165) is 33.7 Å². The zero-order valence-electron chi connectivity index (χ0n) is 16.5.